The van der Waals surface area contributed by atoms with Gasteiger partial charge in [0.05, 0.1) is 11.4 Å². The molecule has 2 heterocycles. The highest BCUT2D eigenvalue weighted by atomic mass is 79.9. The third kappa shape index (κ3) is 4.50. The van der Waals surface area contributed by atoms with Gasteiger partial charge in [0.2, 0.25) is 5.91 Å². The molecule has 0 aliphatic rings. The fourth-order valence-corrected chi connectivity index (χ4v) is 3.73. The lowest BCUT2D eigenvalue weighted by molar-refractivity contribution is -0.116. The topological polar surface area (TPSA) is 107 Å². The number of carbonyl (C=O) groups is 1. The van der Waals surface area contributed by atoms with Crippen LogP contribution in [-0.2, 0) is 18.4 Å². The number of nitrogens with one attached hydrogen (secondary N) is 1. The Morgan fingerprint density at radius 1 is 1.09 bits per heavy atom. The van der Waals surface area contributed by atoms with E-state index in [4.69, 9.17) is 0 Å². The Morgan fingerprint density at radius 3 is 2.56 bits per heavy atom. The van der Waals surface area contributed by atoms with Gasteiger partial charge in [-0.3, -0.25) is 14.2 Å². The molecule has 4 aromatic rings. The van der Waals surface area contributed by atoms with E-state index >= 15 is 0 Å². The van der Waals surface area contributed by atoms with Crippen molar-refractivity contribution >= 4 is 49.9 Å². The van der Waals surface area contributed by atoms with Gasteiger partial charge in [-0.15, -0.1) is 5.11 Å². The van der Waals surface area contributed by atoms with E-state index in [-0.39, 0.29) is 18.0 Å². The summed E-state index contributed by atoms with van der Waals surface area (Å²) in [6, 6.07) is 13.1. The van der Waals surface area contributed by atoms with Crippen LogP contribution in [0.4, 0.5) is 17.1 Å². The summed E-state index contributed by atoms with van der Waals surface area (Å²) in [5.41, 5.74) is 3.93. The van der Waals surface area contributed by atoms with E-state index in [1.807, 2.05) is 50.2 Å². The maximum Gasteiger partial charge on any atom is 0.266 e. The lowest BCUT2D eigenvalue weighted by atomic mass is 10.2. The van der Waals surface area contributed by atoms with E-state index in [2.05, 4.69) is 41.6 Å². The van der Waals surface area contributed by atoms with Crippen LogP contribution in [0.5, 0.6) is 0 Å². The number of aromatic nitrogens is 4. The van der Waals surface area contributed by atoms with E-state index in [0.717, 1.165) is 11.1 Å². The zero-order valence-electron chi connectivity index (χ0n) is 17.7. The first-order chi connectivity index (χ1) is 15.3. The second kappa shape index (κ2) is 8.83. The van der Waals surface area contributed by atoms with Crippen LogP contribution in [0.15, 0.2) is 68.4 Å². The van der Waals surface area contributed by atoms with Crippen molar-refractivity contribution in [2.75, 3.05) is 5.32 Å². The molecule has 10 heteroatoms. The molecule has 0 aliphatic heterocycles. The van der Waals surface area contributed by atoms with E-state index < -0.39 is 0 Å². The SMILES string of the molecule is Cc1ccc(N=Nc2cc(C)ccc2NC(=O)Cn2cnc3c(c(Br)nn3C)c2=O)cc1. The van der Waals surface area contributed by atoms with Crippen LogP contribution < -0.4 is 10.9 Å². The summed E-state index contributed by atoms with van der Waals surface area (Å²) in [5, 5.41) is 15.9. The number of amides is 1. The minimum absolute atomic E-state index is 0.203. The van der Waals surface area contributed by atoms with Crippen molar-refractivity contribution in [1.29, 1.82) is 0 Å². The van der Waals surface area contributed by atoms with Gasteiger partial charge in [0.25, 0.3) is 5.56 Å². The molecule has 0 bridgehead atoms. The zero-order valence-corrected chi connectivity index (χ0v) is 19.3. The van der Waals surface area contributed by atoms with E-state index in [9.17, 15) is 9.59 Å². The molecule has 0 fully saturated rings. The Kier molecular flexibility index (Phi) is 5.95. The Labute approximate surface area is 191 Å². The maximum absolute atomic E-state index is 12.8. The van der Waals surface area contributed by atoms with Gasteiger partial charge >= 0.3 is 0 Å². The molecule has 2 aromatic heterocycles. The second-order valence-corrected chi connectivity index (χ2v) is 8.15. The van der Waals surface area contributed by atoms with Crippen LogP contribution in [0.3, 0.4) is 0 Å². The van der Waals surface area contributed by atoms with Crippen LogP contribution in [0.2, 0.25) is 0 Å². The molecule has 0 atom stereocenters. The predicted octanol–water partition coefficient (Wildman–Crippen LogP) is 4.56. The lowest BCUT2D eigenvalue weighted by Crippen LogP contribution is -2.28. The largest absolute Gasteiger partial charge is 0.323 e. The number of hydrogen-bond donors (Lipinski definition) is 1. The Morgan fingerprint density at radius 2 is 1.81 bits per heavy atom. The molecule has 2 aromatic carbocycles. The van der Waals surface area contributed by atoms with Gasteiger partial charge in [-0.2, -0.15) is 10.2 Å². The number of rotatable bonds is 5. The van der Waals surface area contributed by atoms with Crippen molar-refractivity contribution < 1.29 is 4.79 Å². The minimum atomic E-state index is -0.385. The normalized spacial score (nSPS) is 11.4. The minimum Gasteiger partial charge on any atom is -0.323 e. The van der Waals surface area contributed by atoms with Crippen LogP contribution in [0.25, 0.3) is 11.0 Å². The molecule has 0 aliphatic carbocycles. The maximum atomic E-state index is 12.8. The molecule has 9 nitrogen and oxygen atoms in total. The van der Waals surface area contributed by atoms with Crippen LogP contribution >= 0.6 is 15.9 Å². The molecule has 162 valence electrons. The average molecular weight is 494 g/mol. The first-order valence-corrected chi connectivity index (χ1v) is 10.6. The molecule has 32 heavy (non-hydrogen) atoms. The highest BCUT2D eigenvalue weighted by Crippen LogP contribution is 2.28. The van der Waals surface area contributed by atoms with Crippen LogP contribution in [0.1, 0.15) is 11.1 Å². The quantitative estimate of drug-likeness (QED) is 0.411. The number of benzene rings is 2. The van der Waals surface area contributed by atoms with Crippen molar-refractivity contribution in [2.45, 2.75) is 20.4 Å². The molecule has 0 spiro atoms. The van der Waals surface area contributed by atoms with Gasteiger partial charge in [-0.1, -0.05) is 23.8 Å². The zero-order chi connectivity index (χ0) is 22.8. The third-order valence-corrected chi connectivity index (χ3v) is 5.37. The number of fused-ring (bicyclic) bond motifs is 1. The van der Waals surface area contributed by atoms with Gasteiger partial charge in [-0.25, -0.2) is 9.67 Å². The molecule has 1 N–H and O–H groups in total. The van der Waals surface area contributed by atoms with E-state index in [1.54, 1.807) is 13.1 Å². The summed E-state index contributed by atoms with van der Waals surface area (Å²) in [7, 11) is 1.70. The smallest absolute Gasteiger partial charge is 0.266 e. The molecular formula is C22H20BrN7O2. The fraction of sp³-hybridized carbons (Fsp3) is 0.182. The Hall–Kier alpha value is -3.66. The number of aryl methyl sites for hydroxylation is 3. The number of anilines is 1. The van der Waals surface area contributed by atoms with Crippen LogP contribution in [0, 0.1) is 13.8 Å². The Balaban J connectivity index is 1.57. The van der Waals surface area contributed by atoms with Gasteiger partial charge in [0, 0.05) is 7.05 Å². The molecule has 4 rings (SSSR count). The number of carbonyl (C=O) groups excluding carboxylic acids is 1. The van der Waals surface area contributed by atoms with Gasteiger partial charge < -0.3 is 5.32 Å². The molecule has 0 saturated carbocycles. The number of azo groups is 1. The summed E-state index contributed by atoms with van der Waals surface area (Å²) in [4.78, 5) is 29.7. The standard InChI is InChI=1S/C22H20BrN7O2/c1-13-4-7-15(8-5-13)26-27-17-10-14(2)6-9-16(17)25-18(31)11-30-12-24-21-19(22(30)32)20(23)28-29(21)3/h4-10,12H,11H2,1-3H3,(H,25,31). The summed E-state index contributed by atoms with van der Waals surface area (Å²) in [5.74, 6) is -0.385. The monoisotopic (exact) mass is 493 g/mol. The van der Waals surface area contributed by atoms with Crippen molar-refractivity contribution in [3.05, 3.63) is 74.9 Å². The molecule has 1 amide bonds. The highest BCUT2D eigenvalue weighted by molar-refractivity contribution is 9.10. The summed E-state index contributed by atoms with van der Waals surface area (Å²) in [6.07, 6.45) is 1.34. The van der Waals surface area contributed by atoms with Crippen molar-refractivity contribution in [2.24, 2.45) is 17.3 Å². The predicted molar refractivity (Wildman–Crippen MR) is 126 cm³/mol. The second-order valence-electron chi connectivity index (χ2n) is 7.39. The molecule has 0 unspecified atom stereocenters. The molecule has 0 radical (unpaired) electrons. The van der Waals surface area contributed by atoms with E-state index in [0.29, 0.717) is 32.7 Å². The first-order valence-electron chi connectivity index (χ1n) is 9.78. The summed E-state index contributed by atoms with van der Waals surface area (Å²) in [6.45, 7) is 3.73. The van der Waals surface area contributed by atoms with Crippen molar-refractivity contribution in [1.82, 2.24) is 19.3 Å². The lowest BCUT2D eigenvalue weighted by Gasteiger charge is -2.10. The van der Waals surface area contributed by atoms with Crippen molar-refractivity contribution in [3.8, 4) is 0 Å². The average Bonchev–Trinajstić information content (AvgIpc) is 3.05. The van der Waals surface area contributed by atoms with Gasteiger partial charge in [-0.05, 0) is 59.6 Å². The first kappa shape index (κ1) is 21.6. The number of hydrogen-bond acceptors (Lipinski definition) is 6. The summed E-state index contributed by atoms with van der Waals surface area (Å²) >= 11 is 3.27. The fourth-order valence-electron chi connectivity index (χ4n) is 3.15. The highest BCUT2D eigenvalue weighted by Gasteiger charge is 2.15. The molecule has 0 saturated heterocycles. The van der Waals surface area contributed by atoms with Crippen molar-refractivity contribution in [3.63, 3.8) is 0 Å². The Bertz CT molecular complexity index is 1400. The van der Waals surface area contributed by atoms with Crippen LogP contribution in [-0.4, -0.2) is 25.2 Å². The number of nitrogens with zero attached hydrogens (tertiary/aromatic N) is 6. The third-order valence-electron chi connectivity index (χ3n) is 4.82. The van der Waals surface area contributed by atoms with Gasteiger partial charge in [0.1, 0.15) is 28.5 Å². The molecular weight excluding hydrogens is 474 g/mol. The van der Waals surface area contributed by atoms with E-state index in [1.165, 1.54) is 15.6 Å². The summed E-state index contributed by atoms with van der Waals surface area (Å²) < 4.78 is 3.13. The number of halogens is 1. The van der Waals surface area contributed by atoms with Gasteiger partial charge in [0.15, 0.2) is 5.65 Å².